The van der Waals surface area contributed by atoms with Crippen molar-refractivity contribution in [2.24, 2.45) is 0 Å². The molecule has 0 atom stereocenters. The minimum atomic E-state index is -0.598. The average Bonchev–Trinajstić information content (AvgIpc) is 2.65. The van der Waals surface area contributed by atoms with Crippen molar-refractivity contribution in [3.05, 3.63) is 58.1 Å². The van der Waals surface area contributed by atoms with Crippen molar-refractivity contribution >= 4 is 23.2 Å². The normalized spacial score (nSPS) is 9.92. The summed E-state index contributed by atoms with van der Waals surface area (Å²) < 4.78 is 10.2. The molecule has 0 spiro atoms. The molecule has 9 heteroatoms. The van der Waals surface area contributed by atoms with Crippen LogP contribution in [0.4, 0.5) is 11.4 Å². The molecule has 2 aromatic carbocycles. The zero-order chi connectivity index (χ0) is 19.1. The van der Waals surface area contributed by atoms with E-state index < -0.39 is 16.7 Å². The van der Waals surface area contributed by atoms with Crippen LogP contribution in [-0.2, 0) is 4.79 Å². The van der Waals surface area contributed by atoms with E-state index in [1.807, 2.05) is 0 Å². The molecular weight excluding hydrogens is 342 g/mol. The van der Waals surface area contributed by atoms with Gasteiger partial charge in [0.05, 0.1) is 25.7 Å². The summed E-state index contributed by atoms with van der Waals surface area (Å²) >= 11 is 0. The van der Waals surface area contributed by atoms with E-state index >= 15 is 0 Å². The lowest BCUT2D eigenvalue weighted by atomic mass is 10.2. The molecule has 2 amide bonds. The Hall–Kier alpha value is -3.62. The zero-order valence-electron chi connectivity index (χ0n) is 14.1. The molecule has 0 fully saturated rings. The summed E-state index contributed by atoms with van der Waals surface area (Å²) in [5.41, 5.74) is 0.330. The highest BCUT2D eigenvalue weighted by Gasteiger charge is 2.13. The van der Waals surface area contributed by atoms with E-state index in [-0.39, 0.29) is 17.8 Å². The Morgan fingerprint density at radius 1 is 1.08 bits per heavy atom. The smallest absolute Gasteiger partial charge is 0.270 e. The molecule has 0 radical (unpaired) electrons. The Morgan fingerprint density at radius 2 is 1.73 bits per heavy atom. The van der Waals surface area contributed by atoms with E-state index in [4.69, 9.17) is 9.47 Å². The fourth-order valence-corrected chi connectivity index (χ4v) is 2.11. The number of carbonyl (C=O) groups is 2. The lowest BCUT2D eigenvalue weighted by Gasteiger charge is -2.10. The van der Waals surface area contributed by atoms with Gasteiger partial charge < -0.3 is 20.1 Å². The number of hydrogen-bond acceptors (Lipinski definition) is 6. The molecule has 0 unspecified atom stereocenters. The van der Waals surface area contributed by atoms with Crippen LogP contribution in [0.2, 0.25) is 0 Å². The summed E-state index contributed by atoms with van der Waals surface area (Å²) in [7, 11) is 2.97. The van der Waals surface area contributed by atoms with Gasteiger partial charge in [0.1, 0.15) is 11.5 Å². The molecule has 2 aromatic rings. The number of carbonyl (C=O) groups excluding carboxylic acids is 2. The highest BCUT2D eigenvalue weighted by Crippen LogP contribution is 2.25. The molecule has 136 valence electrons. The number of rotatable bonds is 7. The minimum Gasteiger partial charge on any atom is -0.497 e. The first-order valence-corrected chi connectivity index (χ1v) is 7.48. The predicted molar refractivity (Wildman–Crippen MR) is 93.6 cm³/mol. The molecule has 0 aliphatic carbocycles. The number of nitrogens with zero attached hydrogens (tertiary/aromatic N) is 1. The number of nitro groups is 1. The summed E-state index contributed by atoms with van der Waals surface area (Å²) in [6, 6.07) is 10.1. The maximum absolute atomic E-state index is 12.0. The molecule has 0 bridgehead atoms. The molecule has 9 nitrogen and oxygen atoms in total. The van der Waals surface area contributed by atoms with Gasteiger partial charge in [-0.2, -0.15) is 0 Å². The van der Waals surface area contributed by atoms with Crippen molar-refractivity contribution < 1.29 is 24.0 Å². The third-order valence-electron chi connectivity index (χ3n) is 3.36. The summed E-state index contributed by atoms with van der Waals surface area (Å²) in [4.78, 5) is 34.2. The topological polar surface area (TPSA) is 120 Å². The van der Waals surface area contributed by atoms with Crippen molar-refractivity contribution in [1.82, 2.24) is 5.32 Å². The largest absolute Gasteiger partial charge is 0.497 e. The Kier molecular flexibility index (Phi) is 6.10. The lowest BCUT2D eigenvalue weighted by Crippen LogP contribution is -2.32. The lowest BCUT2D eigenvalue weighted by molar-refractivity contribution is -0.384. The fourth-order valence-electron chi connectivity index (χ4n) is 2.11. The van der Waals surface area contributed by atoms with E-state index in [1.54, 1.807) is 18.2 Å². The van der Waals surface area contributed by atoms with Crippen molar-refractivity contribution in [3.8, 4) is 11.5 Å². The molecule has 0 saturated carbocycles. The number of benzene rings is 2. The van der Waals surface area contributed by atoms with Gasteiger partial charge in [-0.05, 0) is 6.07 Å². The first-order chi connectivity index (χ1) is 12.4. The van der Waals surface area contributed by atoms with Crippen LogP contribution in [0.3, 0.4) is 0 Å². The number of methoxy groups -OCH3 is 2. The van der Waals surface area contributed by atoms with Crippen LogP contribution in [0.1, 0.15) is 10.4 Å². The van der Waals surface area contributed by atoms with Crippen LogP contribution in [0.15, 0.2) is 42.5 Å². The van der Waals surface area contributed by atoms with Crippen molar-refractivity contribution in [2.45, 2.75) is 0 Å². The molecule has 0 saturated heterocycles. The van der Waals surface area contributed by atoms with Gasteiger partial charge in [-0.15, -0.1) is 0 Å². The van der Waals surface area contributed by atoms with E-state index in [0.717, 1.165) is 6.07 Å². The van der Waals surface area contributed by atoms with E-state index in [9.17, 15) is 19.7 Å². The number of non-ortho nitro benzene ring substituents is 1. The third-order valence-corrected chi connectivity index (χ3v) is 3.36. The van der Waals surface area contributed by atoms with Crippen LogP contribution in [0, 0.1) is 10.1 Å². The standard InChI is InChI=1S/C17H17N3O6/c1-25-14-7-12(8-15(9-14)26-2)19-16(21)10-18-17(22)11-4-3-5-13(6-11)20(23)24/h3-9H,10H2,1-2H3,(H,18,22)(H,19,21). The van der Waals surface area contributed by atoms with Gasteiger partial charge in [0.25, 0.3) is 11.6 Å². The highest BCUT2D eigenvalue weighted by atomic mass is 16.6. The number of nitro benzene ring substituents is 1. The third kappa shape index (κ3) is 4.94. The molecule has 2 rings (SSSR count). The van der Waals surface area contributed by atoms with Crippen molar-refractivity contribution in [1.29, 1.82) is 0 Å². The quantitative estimate of drug-likeness (QED) is 0.576. The van der Waals surface area contributed by atoms with Gasteiger partial charge in [-0.25, -0.2) is 0 Å². The second-order valence-corrected chi connectivity index (χ2v) is 5.14. The number of anilines is 1. The first-order valence-electron chi connectivity index (χ1n) is 7.48. The van der Waals surface area contributed by atoms with Gasteiger partial charge in [0, 0.05) is 41.6 Å². The Morgan fingerprint density at radius 3 is 2.31 bits per heavy atom. The van der Waals surface area contributed by atoms with Gasteiger partial charge in [0.2, 0.25) is 5.91 Å². The summed E-state index contributed by atoms with van der Waals surface area (Å²) in [5, 5.41) is 15.8. The summed E-state index contributed by atoms with van der Waals surface area (Å²) in [5.74, 6) is -0.0632. The maximum atomic E-state index is 12.0. The Bertz CT molecular complexity index is 815. The highest BCUT2D eigenvalue weighted by molar-refractivity contribution is 5.99. The van der Waals surface area contributed by atoms with E-state index in [2.05, 4.69) is 10.6 Å². The monoisotopic (exact) mass is 359 g/mol. The minimum absolute atomic E-state index is 0.0926. The van der Waals surface area contributed by atoms with Gasteiger partial charge in [-0.3, -0.25) is 19.7 Å². The molecule has 0 aliphatic heterocycles. The summed E-state index contributed by atoms with van der Waals surface area (Å²) in [6.45, 7) is -0.305. The summed E-state index contributed by atoms with van der Waals surface area (Å²) in [6.07, 6.45) is 0. The number of hydrogen-bond donors (Lipinski definition) is 2. The van der Waals surface area contributed by atoms with E-state index in [0.29, 0.717) is 17.2 Å². The number of nitrogens with one attached hydrogen (secondary N) is 2. The van der Waals surface area contributed by atoms with Crippen LogP contribution in [0.5, 0.6) is 11.5 Å². The second-order valence-electron chi connectivity index (χ2n) is 5.14. The van der Waals surface area contributed by atoms with Crippen LogP contribution in [0.25, 0.3) is 0 Å². The fraction of sp³-hybridized carbons (Fsp3) is 0.176. The van der Waals surface area contributed by atoms with Crippen molar-refractivity contribution in [2.75, 3.05) is 26.1 Å². The van der Waals surface area contributed by atoms with E-state index in [1.165, 1.54) is 32.4 Å². The Balaban J connectivity index is 1.97. The maximum Gasteiger partial charge on any atom is 0.270 e. The molecule has 26 heavy (non-hydrogen) atoms. The molecule has 0 heterocycles. The van der Waals surface area contributed by atoms with Crippen LogP contribution < -0.4 is 20.1 Å². The zero-order valence-corrected chi connectivity index (χ0v) is 14.1. The van der Waals surface area contributed by atoms with Gasteiger partial charge >= 0.3 is 0 Å². The SMILES string of the molecule is COc1cc(NC(=O)CNC(=O)c2cccc([N+](=O)[O-])c2)cc(OC)c1. The average molecular weight is 359 g/mol. The number of amides is 2. The molecule has 0 aliphatic rings. The molecule has 2 N–H and O–H groups in total. The molecule has 0 aromatic heterocycles. The van der Waals surface area contributed by atoms with Crippen LogP contribution in [-0.4, -0.2) is 37.5 Å². The molecular formula is C17H17N3O6. The van der Waals surface area contributed by atoms with Gasteiger partial charge in [-0.1, -0.05) is 6.07 Å². The Labute approximate surface area is 149 Å². The van der Waals surface area contributed by atoms with Crippen LogP contribution >= 0.6 is 0 Å². The predicted octanol–water partition coefficient (Wildman–Crippen LogP) is 1.98. The second kappa shape index (κ2) is 8.47. The first kappa shape index (κ1) is 18.7. The number of ether oxygens (including phenoxy) is 2. The van der Waals surface area contributed by atoms with Gasteiger partial charge in [0.15, 0.2) is 0 Å². The van der Waals surface area contributed by atoms with Crippen molar-refractivity contribution in [3.63, 3.8) is 0 Å².